The maximum atomic E-state index is 12.6. The molecule has 20 heavy (non-hydrogen) atoms. The third-order valence-electron chi connectivity index (χ3n) is 5.62. The van der Waals surface area contributed by atoms with Crippen molar-refractivity contribution in [2.45, 2.75) is 39.0 Å². The summed E-state index contributed by atoms with van der Waals surface area (Å²) in [6.07, 6.45) is 4.79. The number of urea groups is 1. The summed E-state index contributed by atoms with van der Waals surface area (Å²) in [5.74, 6) is 0.151. The second kappa shape index (κ2) is 4.93. The Bertz CT molecular complexity index is 417. The summed E-state index contributed by atoms with van der Waals surface area (Å²) in [5.41, 5.74) is -0.654. The van der Waals surface area contributed by atoms with E-state index < -0.39 is 11.4 Å². The van der Waals surface area contributed by atoms with Crippen LogP contribution in [0.2, 0.25) is 0 Å². The van der Waals surface area contributed by atoms with Crippen molar-refractivity contribution in [1.29, 1.82) is 0 Å². The van der Waals surface area contributed by atoms with E-state index in [-0.39, 0.29) is 11.9 Å². The van der Waals surface area contributed by atoms with Crippen molar-refractivity contribution < 1.29 is 14.7 Å². The molecule has 3 aliphatic rings. The molecule has 5 nitrogen and oxygen atoms in total. The molecule has 2 saturated heterocycles. The molecule has 0 unspecified atom stereocenters. The van der Waals surface area contributed by atoms with Crippen LogP contribution >= 0.6 is 0 Å². The fourth-order valence-corrected chi connectivity index (χ4v) is 4.18. The van der Waals surface area contributed by atoms with Gasteiger partial charge in [-0.15, -0.1) is 0 Å². The zero-order valence-corrected chi connectivity index (χ0v) is 12.2. The van der Waals surface area contributed by atoms with Crippen LogP contribution in [0, 0.1) is 17.3 Å². The van der Waals surface area contributed by atoms with Crippen LogP contribution < -0.4 is 0 Å². The molecule has 3 fully saturated rings. The molecule has 2 atom stereocenters. The lowest BCUT2D eigenvalue weighted by Gasteiger charge is -2.34. The van der Waals surface area contributed by atoms with Gasteiger partial charge in [-0.05, 0) is 37.5 Å². The van der Waals surface area contributed by atoms with E-state index in [1.165, 1.54) is 0 Å². The largest absolute Gasteiger partial charge is 0.481 e. The van der Waals surface area contributed by atoms with E-state index in [0.717, 1.165) is 45.2 Å². The number of hydrogen-bond acceptors (Lipinski definition) is 2. The average molecular weight is 280 g/mol. The first-order valence-corrected chi connectivity index (χ1v) is 7.80. The first-order valence-electron chi connectivity index (χ1n) is 7.80. The van der Waals surface area contributed by atoms with Crippen molar-refractivity contribution in [2.24, 2.45) is 17.3 Å². The summed E-state index contributed by atoms with van der Waals surface area (Å²) >= 11 is 0. The van der Waals surface area contributed by atoms with Crippen LogP contribution in [-0.2, 0) is 4.79 Å². The number of carboxylic acid groups (broad SMARTS) is 1. The average Bonchev–Trinajstić information content (AvgIpc) is 2.96. The van der Waals surface area contributed by atoms with E-state index >= 15 is 0 Å². The van der Waals surface area contributed by atoms with Crippen LogP contribution in [0.15, 0.2) is 0 Å². The quantitative estimate of drug-likeness (QED) is 0.799. The fraction of sp³-hybridized carbons (Fsp3) is 0.867. The highest BCUT2D eigenvalue weighted by atomic mass is 16.4. The minimum Gasteiger partial charge on any atom is -0.481 e. The normalized spacial score (nSPS) is 34.4. The Kier molecular flexibility index (Phi) is 3.38. The summed E-state index contributed by atoms with van der Waals surface area (Å²) in [6.45, 7) is 4.92. The SMILES string of the molecule is CC1CCN(C(=O)N2C[C@@H]3CCC[C@@]3(C(=O)O)C2)CC1. The standard InChI is InChI=1S/C15H24N2O3/c1-11-4-7-16(8-5-11)14(20)17-9-12-3-2-6-15(12,10-17)13(18)19/h11-12H,2-10H2,1H3,(H,18,19)/t12-,15+/m0/s1. The summed E-state index contributed by atoms with van der Waals surface area (Å²) < 4.78 is 0. The van der Waals surface area contributed by atoms with Crippen molar-refractivity contribution in [3.05, 3.63) is 0 Å². The molecule has 1 aliphatic carbocycles. The van der Waals surface area contributed by atoms with E-state index in [1.807, 2.05) is 4.90 Å². The minimum absolute atomic E-state index is 0.0620. The zero-order valence-electron chi connectivity index (χ0n) is 12.2. The van der Waals surface area contributed by atoms with Crippen LogP contribution in [0.4, 0.5) is 4.79 Å². The van der Waals surface area contributed by atoms with Crippen molar-refractivity contribution in [1.82, 2.24) is 9.80 Å². The van der Waals surface area contributed by atoms with E-state index in [2.05, 4.69) is 6.92 Å². The van der Waals surface area contributed by atoms with Gasteiger partial charge in [0.2, 0.25) is 0 Å². The molecule has 0 spiro atoms. The Hall–Kier alpha value is -1.26. The zero-order chi connectivity index (χ0) is 14.3. The third-order valence-corrected chi connectivity index (χ3v) is 5.62. The smallest absolute Gasteiger partial charge is 0.320 e. The summed E-state index contributed by atoms with van der Waals surface area (Å²) in [6, 6.07) is 0.0620. The molecular weight excluding hydrogens is 256 g/mol. The molecule has 2 amide bonds. The molecule has 0 bridgehead atoms. The molecule has 1 saturated carbocycles. The van der Waals surface area contributed by atoms with Crippen molar-refractivity contribution >= 4 is 12.0 Å². The van der Waals surface area contributed by atoms with Crippen molar-refractivity contribution in [2.75, 3.05) is 26.2 Å². The highest BCUT2D eigenvalue weighted by Crippen LogP contribution is 2.49. The van der Waals surface area contributed by atoms with Crippen molar-refractivity contribution in [3.8, 4) is 0 Å². The number of carbonyl (C=O) groups excluding carboxylic acids is 1. The van der Waals surface area contributed by atoms with E-state index in [1.54, 1.807) is 4.90 Å². The number of carboxylic acids is 1. The molecule has 5 heteroatoms. The Morgan fingerprint density at radius 2 is 1.85 bits per heavy atom. The summed E-state index contributed by atoms with van der Waals surface area (Å²) in [7, 11) is 0. The van der Waals surface area contributed by atoms with E-state index in [4.69, 9.17) is 0 Å². The first kappa shape index (κ1) is 13.7. The lowest BCUT2D eigenvalue weighted by Crippen LogP contribution is -2.47. The maximum absolute atomic E-state index is 12.6. The van der Waals surface area contributed by atoms with Gasteiger partial charge in [-0.3, -0.25) is 4.79 Å². The van der Waals surface area contributed by atoms with Crippen molar-refractivity contribution in [3.63, 3.8) is 0 Å². The molecule has 112 valence electrons. The number of hydrogen-bond donors (Lipinski definition) is 1. The van der Waals surface area contributed by atoms with Gasteiger partial charge in [-0.2, -0.15) is 0 Å². The number of aliphatic carboxylic acids is 1. The monoisotopic (exact) mass is 280 g/mol. The number of fused-ring (bicyclic) bond motifs is 1. The number of likely N-dealkylation sites (tertiary alicyclic amines) is 2. The number of carbonyl (C=O) groups is 2. The van der Waals surface area contributed by atoms with Gasteiger partial charge in [-0.1, -0.05) is 13.3 Å². The van der Waals surface area contributed by atoms with Gasteiger partial charge in [-0.25, -0.2) is 4.79 Å². The number of rotatable bonds is 1. The lowest BCUT2D eigenvalue weighted by atomic mass is 9.81. The second-order valence-corrected chi connectivity index (χ2v) is 6.88. The predicted octanol–water partition coefficient (Wildman–Crippen LogP) is 2.03. The molecule has 1 N–H and O–H groups in total. The number of nitrogens with zero attached hydrogens (tertiary/aromatic N) is 2. The van der Waals surface area contributed by atoms with Gasteiger partial charge in [0.05, 0.1) is 5.41 Å². The van der Waals surface area contributed by atoms with Crippen LogP contribution in [0.3, 0.4) is 0 Å². The minimum atomic E-state index is -0.706. The Morgan fingerprint density at radius 1 is 1.15 bits per heavy atom. The van der Waals surface area contributed by atoms with E-state index in [0.29, 0.717) is 19.0 Å². The van der Waals surface area contributed by atoms with Gasteiger partial charge >= 0.3 is 12.0 Å². The first-order chi connectivity index (χ1) is 9.53. The van der Waals surface area contributed by atoms with Crippen LogP contribution in [0.5, 0.6) is 0 Å². The third kappa shape index (κ3) is 2.07. The lowest BCUT2D eigenvalue weighted by molar-refractivity contribution is -0.149. The summed E-state index contributed by atoms with van der Waals surface area (Å²) in [4.78, 5) is 27.9. The fourth-order valence-electron chi connectivity index (χ4n) is 4.18. The second-order valence-electron chi connectivity index (χ2n) is 6.88. The molecular formula is C15H24N2O3. The highest BCUT2D eigenvalue weighted by Gasteiger charge is 2.56. The van der Waals surface area contributed by atoms with Gasteiger partial charge < -0.3 is 14.9 Å². The molecule has 2 aliphatic heterocycles. The number of amides is 2. The number of piperidine rings is 1. The highest BCUT2D eigenvalue weighted by molar-refractivity contribution is 5.80. The van der Waals surface area contributed by atoms with E-state index in [9.17, 15) is 14.7 Å². The molecule has 0 aromatic rings. The Labute approximate surface area is 119 Å². The van der Waals surface area contributed by atoms with Gasteiger partial charge in [0.1, 0.15) is 0 Å². The molecule has 3 rings (SSSR count). The Morgan fingerprint density at radius 3 is 2.45 bits per heavy atom. The predicted molar refractivity (Wildman–Crippen MR) is 74.3 cm³/mol. The molecule has 0 radical (unpaired) electrons. The maximum Gasteiger partial charge on any atom is 0.320 e. The van der Waals surface area contributed by atoms with Gasteiger partial charge in [0, 0.05) is 26.2 Å². The van der Waals surface area contributed by atoms with Crippen LogP contribution in [0.1, 0.15) is 39.0 Å². The molecule has 2 heterocycles. The Balaban J connectivity index is 1.68. The van der Waals surface area contributed by atoms with Gasteiger partial charge in [0.25, 0.3) is 0 Å². The van der Waals surface area contributed by atoms with Crippen LogP contribution in [0.25, 0.3) is 0 Å². The topological polar surface area (TPSA) is 60.9 Å². The van der Waals surface area contributed by atoms with Gasteiger partial charge in [0.15, 0.2) is 0 Å². The molecule has 0 aromatic carbocycles. The molecule has 0 aromatic heterocycles. The van der Waals surface area contributed by atoms with Crippen LogP contribution in [-0.4, -0.2) is 53.1 Å². The summed E-state index contributed by atoms with van der Waals surface area (Å²) in [5, 5.41) is 9.57.